The van der Waals surface area contributed by atoms with Crippen molar-refractivity contribution in [2.75, 3.05) is 32.8 Å². The average molecular weight is 408 g/mol. The van der Waals surface area contributed by atoms with E-state index >= 15 is 0 Å². The van der Waals surface area contributed by atoms with Crippen LogP contribution in [0, 0.1) is 5.82 Å². The molecule has 0 atom stereocenters. The largest absolute Gasteiger partial charge is 0.489 e. The second kappa shape index (κ2) is 9.32. The molecule has 0 bridgehead atoms. The number of nitrogens with zero attached hydrogens (tertiary/aromatic N) is 1. The summed E-state index contributed by atoms with van der Waals surface area (Å²) in [6.45, 7) is 5.23. The van der Waals surface area contributed by atoms with E-state index in [1.807, 2.05) is 12.1 Å². The molecule has 25 heavy (non-hydrogen) atoms. The van der Waals surface area contributed by atoms with Crippen LogP contribution in [0.15, 0.2) is 46.9 Å². The van der Waals surface area contributed by atoms with E-state index in [4.69, 9.17) is 9.47 Å². The van der Waals surface area contributed by atoms with E-state index in [1.165, 1.54) is 17.7 Å². The van der Waals surface area contributed by atoms with Gasteiger partial charge in [-0.05, 0) is 60.8 Å². The van der Waals surface area contributed by atoms with Gasteiger partial charge in [-0.25, -0.2) is 4.39 Å². The molecule has 134 valence electrons. The summed E-state index contributed by atoms with van der Waals surface area (Å²) < 4.78 is 25.4. The van der Waals surface area contributed by atoms with Gasteiger partial charge in [0.2, 0.25) is 0 Å². The molecule has 1 aliphatic heterocycles. The molecule has 0 radical (unpaired) electrons. The van der Waals surface area contributed by atoms with Crippen LogP contribution in [0.3, 0.4) is 0 Å². The van der Waals surface area contributed by atoms with Crippen LogP contribution in [-0.2, 0) is 17.8 Å². The zero-order valence-electron chi connectivity index (χ0n) is 14.2. The summed E-state index contributed by atoms with van der Waals surface area (Å²) in [5.41, 5.74) is 2.16. The predicted molar refractivity (Wildman–Crippen MR) is 100 cm³/mol. The van der Waals surface area contributed by atoms with E-state index in [2.05, 4.69) is 26.9 Å². The van der Waals surface area contributed by atoms with Gasteiger partial charge >= 0.3 is 0 Å². The van der Waals surface area contributed by atoms with Crippen LogP contribution in [0.4, 0.5) is 4.39 Å². The SMILES string of the molecule is Fc1ccc(COc2ccc(Br)cc2CCCN2CCOCC2)cc1. The van der Waals surface area contributed by atoms with Crippen LogP contribution in [0.1, 0.15) is 17.5 Å². The van der Waals surface area contributed by atoms with Gasteiger partial charge in [0.1, 0.15) is 18.2 Å². The number of halogens is 2. The highest BCUT2D eigenvalue weighted by atomic mass is 79.9. The van der Waals surface area contributed by atoms with Gasteiger partial charge in [0, 0.05) is 17.6 Å². The summed E-state index contributed by atoms with van der Waals surface area (Å²) >= 11 is 3.54. The summed E-state index contributed by atoms with van der Waals surface area (Å²) in [6, 6.07) is 12.5. The minimum absolute atomic E-state index is 0.226. The molecule has 0 spiro atoms. The van der Waals surface area contributed by atoms with Crippen LogP contribution in [-0.4, -0.2) is 37.7 Å². The fourth-order valence-electron chi connectivity index (χ4n) is 2.94. The van der Waals surface area contributed by atoms with Crippen LogP contribution in [0.2, 0.25) is 0 Å². The molecule has 0 aliphatic carbocycles. The van der Waals surface area contributed by atoms with Crippen molar-refractivity contribution in [3.8, 4) is 5.75 Å². The summed E-state index contributed by atoms with van der Waals surface area (Å²) in [4.78, 5) is 2.44. The molecule has 2 aromatic carbocycles. The molecule has 3 rings (SSSR count). The lowest BCUT2D eigenvalue weighted by Gasteiger charge is -2.26. The first-order valence-electron chi connectivity index (χ1n) is 8.66. The van der Waals surface area contributed by atoms with Gasteiger partial charge in [-0.3, -0.25) is 4.90 Å². The molecule has 0 aromatic heterocycles. The maximum Gasteiger partial charge on any atom is 0.123 e. The van der Waals surface area contributed by atoms with E-state index < -0.39 is 0 Å². The Hall–Kier alpha value is -1.43. The van der Waals surface area contributed by atoms with Crippen LogP contribution >= 0.6 is 15.9 Å². The third-order valence-corrected chi connectivity index (χ3v) is 4.85. The predicted octanol–water partition coefficient (Wildman–Crippen LogP) is 4.43. The molecule has 0 amide bonds. The fourth-order valence-corrected chi connectivity index (χ4v) is 3.35. The third kappa shape index (κ3) is 5.80. The molecule has 0 saturated carbocycles. The standard InChI is InChI=1S/C20H23BrFNO2/c21-18-5-8-20(25-15-16-3-6-19(22)7-4-16)17(14-18)2-1-9-23-10-12-24-13-11-23/h3-8,14H,1-2,9-13,15H2. The number of aryl methyl sites for hydroxylation is 1. The van der Waals surface area contributed by atoms with Crippen molar-refractivity contribution in [1.29, 1.82) is 0 Å². The van der Waals surface area contributed by atoms with Crippen molar-refractivity contribution in [2.24, 2.45) is 0 Å². The highest BCUT2D eigenvalue weighted by molar-refractivity contribution is 9.10. The first-order valence-corrected chi connectivity index (χ1v) is 9.46. The van der Waals surface area contributed by atoms with Crippen molar-refractivity contribution < 1.29 is 13.9 Å². The first-order chi connectivity index (χ1) is 12.2. The van der Waals surface area contributed by atoms with Gasteiger partial charge in [-0.2, -0.15) is 0 Å². The lowest BCUT2D eigenvalue weighted by Crippen LogP contribution is -2.36. The fraction of sp³-hybridized carbons (Fsp3) is 0.400. The summed E-state index contributed by atoms with van der Waals surface area (Å²) in [7, 11) is 0. The van der Waals surface area contributed by atoms with Crippen LogP contribution < -0.4 is 4.74 Å². The van der Waals surface area contributed by atoms with E-state index in [9.17, 15) is 4.39 Å². The molecule has 2 aromatic rings. The maximum atomic E-state index is 13.0. The van der Waals surface area contributed by atoms with Crippen LogP contribution in [0.25, 0.3) is 0 Å². The molecule has 0 N–H and O–H groups in total. The topological polar surface area (TPSA) is 21.7 Å². The van der Waals surface area contributed by atoms with Crippen molar-refractivity contribution in [3.63, 3.8) is 0 Å². The molecule has 3 nitrogen and oxygen atoms in total. The summed E-state index contributed by atoms with van der Waals surface area (Å²) in [6.07, 6.45) is 2.05. The molecular weight excluding hydrogens is 385 g/mol. The Labute approximate surface area is 156 Å². The van der Waals surface area contributed by atoms with Crippen molar-refractivity contribution in [2.45, 2.75) is 19.4 Å². The Balaban J connectivity index is 1.56. The van der Waals surface area contributed by atoms with E-state index in [0.29, 0.717) is 6.61 Å². The average Bonchev–Trinajstić information content (AvgIpc) is 2.63. The normalized spacial score (nSPS) is 15.3. The number of rotatable bonds is 7. The minimum Gasteiger partial charge on any atom is -0.489 e. The highest BCUT2D eigenvalue weighted by Gasteiger charge is 2.11. The molecule has 5 heteroatoms. The number of ether oxygens (including phenoxy) is 2. The lowest BCUT2D eigenvalue weighted by atomic mass is 10.1. The van der Waals surface area contributed by atoms with E-state index in [-0.39, 0.29) is 5.82 Å². The lowest BCUT2D eigenvalue weighted by molar-refractivity contribution is 0.0374. The highest BCUT2D eigenvalue weighted by Crippen LogP contribution is 2.25. The van der Waals surface area contributed by atoms with Crippen molar-refractivity contribution in [1.82, 2.24) is 4.90 Å². The molecular formula is C20H23BrFNO2. The second-order valence-electron chi connectivity index (χ2n) is 6.22. The zero-order chi connectivity index (χ0) is 17.5. The van der Waals surface area contributed by atoms with E-state index in [1.54, 1.807) is 12.1 Å². The van der Waals surface area contributed by atoms with Gasteiger partial charge in [0.25, 0.3) is 0 Å². The summed E-state index contributed by atoms with van der Waals surface area (Å²) in [5, 5.41) is 0. The molecule has 1 saturated heterocycles. The van der Waals surface area contributed by atoms with Crippen LogP contribution in [0.5, 0.6) is 5.75 Å². The maximum absolute atomic E-state index is 13.0. The molecule has 0 unspecified atom stereocenters. The molecule has 1 heterocycles. The first kappa shape index (κ1) is 18.4. The van der Waals surface area contributed by atoms with Gasteiger partial charge in [-0.1, -0.05) is 28.1 Å². The number of hydrogen-bond acceptors (Lipinski definition) is 3. The Morgan fingerprint density at radius 1 is 1.08 bits per heavy atom. The quantitative estimate of drug-likeness (QED) is 0.677. The van der Waals surface area contributed by atoms with Crippen molar-refractivity contribution >= 4 is 15.9 Å². The third-order valence-electron chi connectivity index (χ3n) is 4.35. The van der Waals surface area contributed by atoms with Gasteiger partial charge in [0.15, 0.2) is 0 Å². The summed E-state index contributed by atoms with van der Waals surface area (Å²) in [5.74, 6) is 0.672. The number of benzene rings is 2. The second-order valence-corrected chi connectivity index (χ2v) is 7.14. The Kier molecular flexibility index (Phi) is 6.84. The van der Waals surface area contributed by atoms with Gasteiger partial charge in [0.05, 0.1) is 13.2 Å². The van der Waals surface area contributed by atoms with Gasteiger partial charge < -0.3 is 9.47 Å². The zero-order valence-corrected chi connectivity index (χ0v) is 15.8. The molecule has 1 fully saturated rings. The smallest absolute Gasteiger partial charge is 0.123 e. The van der Waals surface area contributed by atoms with E-state index in [0.717, 1.165) is 61.5 Å². The number of morpholine rings is 1. The van der Waals surface area contributed by atoms with Crippen molar-refractivity contribution in [3.05, 3.63) is 63.9 Å². The number of hydrogen-bond donors (Lipinski definition) is 0. The molecule has 1 aliphatic rings. The van der Waals surface area contributed by atoms with Gasteiger partial charge in [-0.15, -0.1) is 0 Å². The minimum atomic E-state index is -0.226. The Morgan fingerprint density at radius 3 is 2.60 bits per heavy atom. The Bertz CT molecular complexity index is 672. The monoisotopic (exact) mass is 407 g/mol. The Morgan fingerprint density at radius 2 is 1.84 bits per heavy atom.